The van der Waals surface area contributed by atoms with Crippen molar-refractivity contribution in [1.29, 1.82) is 0 Å². The first-order valence-electron chi connectivity index (χ1n) is 7.29. The minimum atomic E-state index is -0.470. The average Bonchev–Trinajstić information content (AvgIpc) is 2.93. The van der Waals surface area contributed by atoms with Gasteiger partial charge in [0.15, 0.2) is 0 Å². The summed E-state index contributed by atoms with van der Waals surface area (Å²) in [4.78, 5) is 23.3. The zero-order valence-electron chi connectivity index (χ0n) is 13.9. The smallest absolute Gasteiger partial charge is 0.246 e. The molecule has 1 unspecified atom stereocenters. The molecular formula is C16H22ClN5O2. The summed E-state index contributed by atoms with van der Waals surface area (Å²) in [5.41, 5.74) is 2.47. The molecule has 1 aromatic carbocycles. The van der Waals surface area contributed by atoms with Crippen LogP contribution in [0, 0.1) is 0 Å². The predicted molar refractivity (Wildman–Crippen MR) is 94.8 cm³/mol. The lowest BCUT2D eigenvalue weighted by molar-refractivity contribution is -0.119. The molecule has 0 saturated heterocycles. The van der Waals surface area contributed by atoms with Crippen molar-refractivity contribution in [2.75, 3.05) is 12.4 Å². The summed E-state index contributed by atoms with van der Waals surface area (Å²) in [5.74, 6) is -0.231. The number of aryl methyl sites for hydroxylation is 1. The van der Waals surface area contributed by atoms with Gasteiger partial charge in [0.25, 0.3) is 0 Å². The third kappa shape index (κ3) is 5.36. The van der Waals surface area contributed by atoms with Crippen LogP contribution < -0.4 is 16.0 Å². The highest BCUT2D eigenvalue weighted by Crippen LogP contribution is 2.16. The molecule has 2 rings (SSSR count). The molecule has 1 heterocycles. The number of nitrogens with zero attached hydrogens (tertiary/aromatic N) is 2. The summed E-state index contributed by atoms with van der Waals surface area (Å²) >= 11 is 0. The van der Waals surface area contributed by atoms with Crippen molar-refractivity contribution in [2.24, 2.45) is 7.05 Å². The van der Waals surface area contributed by atoms with Gasteiger partial charge < -0.3 is 16.0 Å². The monoisotopic (exact) mass is 351 g/mol. The zero-order chi connectivity index (χ0) is 16.8. The molecule has 0 aliphatic rings. The van der Waals surface area contributed by atoms with Gasteiger partial charge in [-0.15, -0.1) is 12.4 Å². The molecule has 0 radical (unpaired) electrons. The van der Waals surface area contributed by atoms with Gasteiger partial charge in [-0.2, -0.15) is 5.10 Å². The van der Waals surface area contributed by atoms with Crippen LogP contribution in [0.15, 0.2) is 36.7 Å². The van der Waals surface area contributed by atoms with Crippen LogP contribution in [-0.2, 0) is 23.2 Å². The first-order valence-corrected chi connectivity index (χ1v) is 7.29. The third-order valence-corrected chi connectivity index (χ3v) is 3.37. The molecule has 0 aliphatic carbocycles. The molecule has 2 amide bonds. The Kier molecular flexibility index (Phi) is 7.41. The van der Waals surface area contributed by atoms with Gasteiger partial charge in [0, 0.05) is 38.0 Å². The van der Waals surface area contributed by atoms with E-state index in [1.54, 1.807) is 24.1 Å². The Morgan fingerprint density at radius 1 is 1.25 bits per heavy atom. The maximum absolute atomic E-state index is 12.4. The van der Waals surface area contributed by atoms with Gasteiger partial charge in [0.05, 0.1) is 6.20 Å². The van der Waals surface area contributed by atoms with Gasteiger partial charge in [-0.25, -0.2) is 0 Å². The highest BCUT2D eigenvalue weighted by molar-refractivity contribution is 5.95. The molecular weight excluding hydrogens is 330 g/mol. The quantitative estimate of drug-likeness (QED) is 0.733. The van der Waals surface area contributed by atoms with E-state index in [1.165, 1.54) is 6.92 Å². The van der Waals surface area contributed by atoms with E-state index in [-0.39, 0.29) is 24.2 Å². The normalized spacial score (nSPS) is 11.3. The lowest BCUT2D eigenvalue weighted by atomic mass is 10.1. The number of carbonyl (C=O) groups excluding carboxylic acids is 2. The lowest BCUT2D eigenvalue weighted by Gasteiger charge is -2.14. The molecule has 130 valence electrons. The van der Waals surface area contributed by atoms with Gasteiger partial charge in [-0.1, -0.05) is 12.1 Å². The van der Waals surface area contributed by atoms with Crippen molar-refractivity contribution in [3.05, 3.63) is 47.8 Å². The van der Waals surface area contributed by atoms with E-state index >= 15 is 0 Å². The Labute approximate surface area is 147 Å². The molecule has 7 nitrogen and oxygen atoms in total. The van der Waals surface area contributed by atoms with Gasteiger partial charge in [0.1, 0.15) is 6.04 Å². The van der Waals surface area contributed by atoms with Crippen LogP contribution in [0.25, 0.3) is 0 Å². The summed E-state index contributed by atoms with van der Waals surface area (Å²) in [6.45, 7) is 1.95. The van der Waals surface area contributed by atoms with Gasteiger partial charge in [0.2, 0.25) is 11.8 Å². The summed E-state index contributed by atoms with van der Waals surface area (Å²) in [5, 5.41) is 12.7. The van der Waals surface area contributed by atoms with Crippen molar-refractivity contribution < 1.29 is 9.59 Å². The highest BCUT2D eigenvalue weighted by atomic mass is 35.5. The van der Waals surface area contributed by atoms with E-state index < -0.39 is 6.04 Å². The number of hydrogen-bond donors (Lipinski definition) is 3. The molecule has 24 heavy (non-hydrogen) atoms. The van der Waals surface area contributed by atoms with Crippen molar-refractivity contribution in [3.8, 4) is 0 Å². The summed E-state index contributed by atoms with van der Waals surface area (Å²) < 4.78 is 1.66. The Bertz CT molecular complexity index is 684. The molecule has 0 spiro atoms. The molecule has 2 aromatic rings. The fourth-order valence-electron chi connectivity index (χ4n) is 2.19. The number of anilines is 1. The van der Waals surface area contributed by atoms with Crippen molar-refractivity contribution in [3.63, 3.8) is 0 Å². The Morgan fingerprint density at radius 3 is 2.42 bits per heavy atom. The van der Waals surface area contributed by atoms with Crippen LogP contribution in [0.4, 0.5) is 5.69 Å². The number of amides is 2. The lowest BCUT2D eigenvalue weighted by Crippen LogP contribution is -2.30. The average molecular weight is 352 g/mol. The van der Waals surface area contributed by atoms with Crippen LogP contribution in [0.5, 0.6) is 0 Å². The Balaban J connectivity index is 0.00000288. The fourth-order valence-corrected chi connectivity index (χ4v) is 2.19. The van der Waals surface area contributed by atoms with E-state index in [0.717, 1.165) is 11.1 Å². The van der Waals surface area contributed by atoms with Crippen LogP contribution in [0.2, 0.25) is 0 Å². The second-order valence-corrected chi connectivity index (χ2v) is 5.26. The minimum absolute atomic E-state index is 0. The number of hydrogen-bond acceptors (Lipinski definition) is 4. The molecule has 0 saturated carbocycles. The Morgan fingerprint density at radius 2 is 1.92 bits per heavy atom. The highest BCUT2D eigenvalue weighted by Gasteiger charge is 2.20. The van der Waals surface area contributed by atoms with E-state index in [1.807, 2.05) is 31.3 Å². The van der Waals surface area contributed by atoms with E-state index in [4.69, 9.17) is 0 Å². The molecule has 1 aromatic heterocycles. The fraction of sp³-hybridized carbons (Fsp3) is 0.312. The first kappa shape index (κ1) is 19.7. The summed E-state index contributed by atoms with van der Waals surface area (Å²) in [6, 6.07) is 6.88. The first-order chi connectivity index (χ1) is 11.0. The predicted octanol–water partition coefficient (Wildman–Crippen LogP) is 1.38. The number of benzene rings is 1. The number of nitrogens with one attached hydrogen (secondary N) is 3. The zero-order valence-corrected chi connectivity index (χ0v) is 14.7. The van der Waals surface area contributed by atoms with Gasteiger partial charge in [-0.3, -0.25) is 14.3 Å². The van der Waals surface area contributed by atoms with Crippen LogP contribution >= 0.6 is 12.4 Å². The van der Waals surface area contributed by atoms with E-state index in [0.29, 0.717) is 12.2 Å². The summed E-state index contributed by atoms with van der Waals surface area (Å²) in [6.07, 6.45) is 3.47. The molecule has 0 aliphatic heterocycles. The van der Waals surface area contributed by atoms with Gasteiger partial charge >= 0.3 is 0 Å². The summed E-state index contributed by atoms with van der Waals surface area (Å²) in [7, 11) is 3.54. The maximum atomic E-state index is 12.4. The maximum Gasteiger partial charge on any atom is 0.246 e. The van der Waals surface area contributed by atoms with Crippen LogP contribution in [-0.4, -0.2) is 28.6 Å². The van der Waals surface area contributed by atoms with Crippen molar-refractivity contribution in [1.82, 2.24) is 20.4 Å². The SMILES string of the molecule is CNC(C(=O)Nc1ccc(CNC(C)=O)cc1)c1cnn(C)c1.Cl. The third-order valence-electron chi connectivity index (χ3n) is 3.37. The van der Waals surface area contributed by atoms with Gasteiger partial charge in [-0.05, 0) is 24.7 Å². The number of rotatable bonds is 6. The molecule has 3 N–H and O–H groups in total. The number of carbonyl (C=O) groups is 2. The topological polar surface area (TPSA) is 88.1 Å². The number of likely N-dealkylation sites (N-methyl/N-ethyl adjacent to an activating group) is 1. The van der Waals surface area contributed by atoms with E-state index in [2.05, 4.69) is 21.0 Å². The molecule has 8 heteroatoms. The number of halogens is 1. The largest absolute Gasteiger partial charge is 0.352 e. The van der Waals surface area contributed by atoms with E-state index in [9.17, 15) is 9.59 Å². The standard InChI is InChI=1S/C16H21N5O2.ClH/c1-11(22)18-8-12-4-6-14(7-5-12)20-16(23)15(17-2)13-9-19-21(3)10-13;/h4-7,9-10,15,17H,8H2,1-3H3,(H,18,22)(H,20,23);1H. The molecule has 0 bridgehead atoms. The Hall–Kier alpha value is -2.38. The second kappa shape index (κ2) is 9.05. The van der Waals surface area contributed by atoms with Crippen molar-refractivity contribution >= 4 is 29.9 Å². The van der Waals surface area contributed by atoms with Crippen LogP contribution in [0.3, 0.4) is 0 Å². The van der Waals surface area contributed by atoms with Crippen LogP contribution in [0.1, 0.15) is 24.1 Å². The molecule has 0 fully saturated rings. The van der Waals surface area contributed by atoms with Crippen molar-refractivity contribution in [2.45, 2.75) is 19.5 Å². The number of aromatic nitrogens is 2. The molecule has 1 atom stereocenters. The second-order valence-electron chi connectivity index (χ2n) is 5.26. The minimum Gasteiger partial charge on any atom is -0.352 e.